The number of carbonyl (C=O) groups is 1. The molecular weight excluding hydrogens is 200 g/mol. The maximum absolute atomic E-state index is 11.5. The van der Waals surface area contributed by atoms with Crippen LogP contribution in [-0.2, 0) is 4.79 Å². The minimum atomic E-state index is -0.664. The lowest BCUT2D eigenvalue weighted by molar-refractivity contribution is -0.111. The first-order valence-electron chi connectivity index (χ1n) is 6.27. The van der Waals surface area contributed by atoms with E-state index in [0.29, 0.717) is 5.57 Å². The molecule has 0 spiro atoms. The number of aliphatic hydroxyl groups excluding tert-OH is 1. The Morgan fingerprint density at radius 2 is 2.00 bits per heavy atom. The normalized spacial score (nSPS) is 22.9. The summed E-state index contributed by atoms with van der Waals surface area (Å²) in [4.78, 5) is 11.5. The first-order valence-corrected chi connectivity index (χ1v) is 6.27. The molecule has 0 aromatic heterocycles. The molecule has 0 radical (unpaired) electrons. The highest BCUT2D eigenvalue weighted by Crippen LogP contribution is 2.22. The molecule has 1 N–H and O–H groups in total. The molecule has 1 aliphatic carbocycles. The average Bonchev–Trinajstić information content (AvgIpc) is 2.58. The molecule has 1 rings (SSSR count). The molecule has 0 saturated carbocycles. The lowest BCUT2D eigenvalue weighted by Gasteiger charge is -2.08. The van der Waals surface area contributed by atoms with E-state index >= 15 is 0 Å². The van der Waals surface area contributed by atoms with Gasteiger partial charge in [0.15, 0.2) is 5.78 Å². The van der Waals surface area contributed by atoms with Crippen molar-refractivity contribution in [2.75, 3.05) is 0 Å². The molecule has 1 aliphatic rings. The summed E-state index contributed by atoms with van der Waals surface area (Å²) in [5.74, 6) is -0.0152. The summed E-state index contributed by atoms with van der Waals surface area (Å²) < 4.78 is 0. The van der Waals surface area contributed by atoms with Crippen LogP contribution in [0.15, 0.2) is 23.3 Å². The lowest BCUT2D eigenvalue weighted by Crippen LogP contribution is -2.09. The number of carbonyl (C=O) groups excluding carboxylic acids is 1. The Hall–Kier alpha value is -0.890. The van der Waals surface area contributed by atoms with Crippen LogP contribution in [-0.4, -0.2) is 17.0 Å². The van der Waals surface area contributed by atoms with Crippen molar-refractivity contribution in [2.45, 2.75) is 58.5 Å². The van der Waals surface area contributed by atoms with Gasteiger partial charge in [-0.05, 0) is 31.9 Å². The van der Waals surface area contributed by atoms with Crippen molar-refractivity contribution in [3.63, 3.8) is 0 Å². The predicted octanol–water partition coefficient (Wildman–Crippen LogP) is 3.16. The maximum Gasteiger partial charge on any atom is 0.184 e. The third-order valence-corrected chi connectivity index (χ3v) is 3.11. The zero-order valence-corrected chi connectivity index (χ0v) is 10.3. The van der Waals surface area contributed by atoms with Crippen LogP contribution in [0.3, 0.4) is 0 Å². The van der Waals surface area contributed by atoms with Crippen LogP contribution < -0.4 is 0 Å². The summed E-state index contributed by atoms with van der Waals surface area (Å²) in [6.07, 6.45) is 9.46. The van der Waals surface area contributed by atoms with E-state index in [0.717, 1.165) is 18.4 Å². The summed E-state index contributed by atoms with van der Waals surface area (Å²) in [7, 11) is 0. The zero-order valence-electron chi connectivity index (χ0n) is 10.3. The van der Waals surface area contributed by atoms with Crippen LogP contribution in [0.2, 0.25) is 0 Å². The summed E-state index contributed by atoms with van der Waals surface area (Å²) in [5, 5.41) is 9.61. The Bertz CT molecular complexity index is 300. The van der Waals surface area contributed by atoms with E-state index < -0.39 is 6.10 Å². The van der Waals surface area contributed by atoms with E-state index in [2.05, 4.69) is 6.92 Å². The van der Waals surface area contributed by atoms with E-state index in [1.165, 1.54) is 31.8 Å². The molecule has 1 atom stereocenters. The van der Waals surface area contributed by atoms with E-state index in [1.54, 1.807) is 6.08 Å². The van der Waals surface area contributed by atoms with Gasteiger partial charge >= 0.3 is 0 Å². The van der Waals surface area contributed by atoms with Gasteiger partial charge in [-0.25, -0.2) is 0 Å². The second kappa shape index (κ2) is 6.64. The monoisotopic (exact) mass is 222 g/mol. The molecule has 90 valence electrons. The van der Waals surface area contributed by atoms with Gasteiger partial charge < -0.3 is 5.11 Å². The average molecular weight is 222 g/mol. The van der Waals surface area contributed by atoms with Crippen LogP contribution in [0.5, 0.6) is 0 Å². The van der Waals surface area contributed by atoms with Crippen molar-refractivity contribution >= 4 is 5.78 Å². The molecule has 0 aromatic carbocycles. The van der Waals surface area contributed by atoms with E-state index in [1.807, 2.05) is 6.92 Å². The third kappa shape index (κ3) is 3.60. The second-order valence-corrected chi connectivity index (χ2v) is 4.53. The van der Waals surface area contributed by atoms with E-state index in [9.17, 15) is 9.90 Å². The highest BCUT2D eigenvalue weighted by atomic mass is 16.3. The van der Waals surface area contributed by atoms with Crippen LogP contribution in [0, 0.1) is 0 Å². The molecule has 0 saturated heterocycles. The largest absolute Gasteiger partial charge is 0.384 e. The van der Waals surface area contributed by atoms with Crippen LogP contribution in [0.1, 0.15) is 52.4 Å². The number of hydrogen-bond donors (Lipinski definition) is 1. The first kappa shape index (κ1) is 13.2. The van der Waals surface area contributed by atoms with Gasteiger partial charge in [0.2, 0.25) is 0 Å². The maximum atomic E-state index is 11.5. The fourth-order valence-electron chi connectivity index (χ4n) is 2.10. The first-order chi connectivity index (χ1) is 7.66. The van der Waals surface area contributed by atoms with Crippen molar-refractivity contribution in [1.29, 1.82) is 0 Å². The Kier molecular flexibility index (Phi) is 5.47. The second-order valence-electron chi connectivity index (χ2n) is 4.53. The molecule has 2 heteroatoms. The van der Waals surface area contributed by atoms with Crippen molar-refractivity contribution in [1.82, 2.24) is 0 Å². The summed E-state index contributed by atoms with van der Waals surface area (Å²) in [6.45, 7) is 4.16. The quantitative estimate of drug-likeness (QED) is 0.553. The van der Waals surface area contributed by atoms with Crippen molar-refractivity contribution in [3.8, 4) is 0 Å². The molecule has 0 aromatic rings. The Labute approximate surface area is 98.1 Å². The molecule has 2 nitrogen and oxygen atoms in total. The number of aliphatic hydroxyl groups is 1. The smallest absolute Gasteiger partial charge is 0.184 e. The molecule has 16 heavy (non-hydrogen) atoms. The highest BCUT2D eigenvalue weighted by molar-refractivity contribution is 6.08. The summed E-state index contributed by atoms with van der Waals surface area (Å²) in [6, 6.07) is 0. The van der Waals surface area contributed by atoms with Crippen molar-refractivity contribution in [3.05, 3.63) is 23.3 Å². The van der Waals surface area contributed by atoms with Gasteiger partial charge in [-0.2, -0.15) is 0 Å². The molecule has 0 heterocycles. The number of ketones is 1. The van der Waals surface area contributed by atoms with E-state index in [-0.39, 0.29) is 5.78 Å². The van der Waals surface area contributed by atoms with Crippen LogP contribution in [0.25, 0.3) is 0 Å². The fraction of sp³-hybridized carbons (Fsp3) is 0.643. The molecular formula is C14H22O2. The van der Waals surface area contributed by atoms with Crippen LogP contribution >= 0.6 is 0 Å². The van der Waals surface area contributed by atoms with E-state index in [4.69, 9.17) is 0 Å². The molecule has 0 amide bonds. The topological polar surface area (TPSA) is 37.3 Å². The fourth-order valence-corrected chi connectivity index (χ4v) is 2.10. The van der Waals surface area contributed by atoms with Gasteiger partial charge in [-0.15, -0.1) is 0 Å². The Morgan fingerprint density at radius 3 is 2.56 bits per heavy atom. The molecule has 0 fully saturated rings. The minimum absolute atomic E-state index is 0.0152. The summed E-state index contributed by atoms with van der Waals surface area (Å²) >= 11 is 0. The lowest BCUT2D eigenvalue weighted by atomic mass is 9.99. The van der Waals surface area contributed by atoms with Gasteiger partial charge in [0.25, 0.3) is 0 Å². The molecule has 1 unspecified atom stereocenters. The number of hydrogen-bond acceptors (Lipinski definition) is 2. The SMILES string of the molecule is CCCCCCCC(C)=C1C(=O)C=CC1O. The predicted molar refractivity (Wildman–Crippen MR) is 66.2 cm³/mol. The van der Waals surface area contributed by atoms with Crippen molar-refractivity contribution in [2.24, 2.45) is 0 Å². The van der Waals surface area contributed by atoms with Gasteiger partial charge in [0.1, 0.15) is 6.10 Å². The molecule has 0 aliphatic heterocycles. The minimum Gasteiger partial charge on any atom is -0.384 e. The number of allylic oxidation sites excluding steroid dienone is 2. The third-order valence-electron chi connectivity index (χ3n) is 3.11. The number of rotatable bonds is 6. The summed E-state index contributed by atoms with van der Waals surface area (Å²) in [5.41, 5.74) is 1.66. The Morgan fingerprint density at radius 1 is 1.31 bits per heavy atom. The standard InChI is InChI=1S/C14H22O2/c1-3-4-5-6-7-8-11(2)14-12(15)9-10-13(14)16/h9-10,12,15H,3-8H2,1-2H3. The van der Waals surface area contributed by atoms with Crippen molar-refractivity contribution < 1.29 is 9.90 Å². The van der Waals surface area contributed by atoms with Gasteiger partial charge in [-0.3, -0.25) is 4.79 Å². The van der Waals surface area contributed by atoms with Gasteiger partial charge in [0, 0.05) is 5.57 Å². The Balaban J connectivity index is 2.36. The van der Waals surface area contributed by atoms with Crippen LogP contribution in [0.4, 0.5) is 0 Å². The van der Waals surface area contributed by atoms with Gasteiger partial charge in [0.05, 0.1) is 0 Å². The molecule has 0 bridgehead atoms. The number of unbranched alkanes of at least 4 members (excludes halogenated alkanes) is 4. The zero-order chi connectivity index (χ0) is 12.0. The van der Waals surface area contributed by atoms with Gasteiger partial charge in [-0.1, -0.05) is 38.2 Å². The highest BCUT2D eigenvalue weighted by Gasteiger charge is 2.22.